The maximum absolute atomic E-state index is 13.0. The molecular weight excluding hydrogens is 827 g/mol. The molecule has 1 fully saturated rings. The molecule has 12 heteroatoms. The lowest BCUT2D eigenvalue weighted by Gasteiger charge is -2.31. The van der Waals surface area contributed by atoms with Gasteiger partial charge in [-0.25, -0.2) is 4.79 Å². The highest BCUT2D eigenvalue weighted by Gasteiger charge is 2.23. The van der Waals surface area contributed by atoms with Crippen molar-refractivity contribution in [3.8, 4) is 0 Å². The van der Waals surface area contributed by atoms with Gasteiger partial charge < -0.3 is 38.1 Å². The predicted octanol–water partition coefficient (Wildman–Crippen LogP) is 12.6. The van der Waals surface area contributed by atoms with Gasteiger partial charge in [0.1, 0.15) is 19.8 Å². The molecule has 12 nitrogen and oxygen atoms in total. The van der Waals surface area contributed by atoms with Crippen LogP contribution in [0.3, 0.4) is 0 Å². The summed E-state index contributed by atoms with van der Waals surface area (Å²) < 4.78 is 39.8. The Morgan fingerprint density at radius 2 is 1.12 bits per heavy atom. The Hall–Kier alpha value is -2.96. The third-order valence-electron chi connectivity index (χ3n) is 11.9. The van der Waals surface area contributed by atoms with Gasteiger partial charge in [0.2, 0.25) is 0 Å². The summed E-state index contributed by atoms with van der Waals surface area (Å²) >= 11 is 0. The Bertz CT molecular complexity index is 1200. The summed E-state index contributed by atoms with van der Waals surface area (Å²) in [7, 11) is 0. The Morgan fingerprint density at radius 1 is 0.538 bits per heavy atom. The zero-order chi connectivity index (χ0) is 47.4. The van der Waals surface area contributed by atoms with Crippen LogP contribution in [-0.4, -0.2) is 101 Å². The quantitative estimate of drug-likeness (QED) is 0.0189. The van der Waals surface area contributed by atoms with Crippen LogP contribution in [0, 0.1) is 17.8 Å². The lowest BCUT2D eigenvalue weighted by Crippen LogP contribution is -2.37. The summed E-state index contributed by atoms with van der Waals surface area (Å²) in [6, 6.07) is 0. The van der Waals surface area contributed by atoms with Gasteiger partial charge in [-0.2, -0.15) is 0 Å². The Labute approximate surface area is 396 Å². The molecule has 1 rings (SSSR count). The standard InChI is InChI=1S/C53H95NO11/c1-6-11-15-17-21-26-38-60-52(61-39-27-22-18-16-12-7-2)35-34-51(57)63-44-48(45-65-53(58)64-42-47-31-28-37-54(10-5)41-47)43-62-50(56)33-25-20-19-24-32-49(55)59-40-36-46(29-14-9-4)30-23-13-8-3/h11-12,15-16,46-48,52H,6-10,13-14,17-45H2,1-5H3/b15-11-,16-12-. The number of piperidine rings is 1. The number of allylic oxidation sites excluding steroid dienone is 4. The van der Waals surface area contributed by atoms with Gasteiger partial charge in [-0.05, 0) is 102 Å². The first kappa shape index (κ1) is 60.1. The predicted molar refractivity (Wildman–Crippen MR) is 259 cm³/mol. The minimum absolute atomic E-state index is 0.0764. The van der Waals surface area contributed by atoms with Gasteiger partial charge in [0.05, 0.1) is 25.6 Å². The summed E-state index contributed by atoms with van der Waals surface area (Å²) in [6.45, 7) is 15.3. The molecule has 1 aliphatic rings. The SMILES string of the molecule is CC/C=C\CCCCOC(CCC(=O)OCC(COC(=O)CCCCCCC(=O)OCCC(CCCC)CCCCC)COC(=O)OCC1CCCN(CC)C1)OCCCC/C=C\CC. The van der Waals surface area contributed by atoms with E-state index < -0.39 is 24.3 Å². The van der Waals surface area contributed by atoms with Crippen molar-refractivity contribution >= 4 is 24.1 Å². The van der Waals surface area contributed by atoms with E-state index in [2.05, 4.69) is 63.8 Å². The molecule has 0 saturated carbocycles. The van der Waals surface area contributed by atoms with Crippen molar-refractivity contribution in [3.05, 3.63) is 24.3 Å². The first-order valence-corrected chi connectivity index (χ1v) is 26.3. The molecule has 0 aromatic heterocycles. The molecule has 1 heterocycles. The third-order valence-corrected chi connectivity index (χ3v) is 11.9. The second-order valence-corrected chi connectivity index (χ2v) is 17.9. The number of hydrogen-bond acceptors (Lipinski definition) is 12. The summed E-state index contributed by atoms with van der Waals surface area (Å²) in [6.07, 6.45) is 30.9. The van der Waals surface area contributed by atoms with Gasteiger partial charge >= 0.3 is 24.1 Å². The van der Waals surface area contributed by atoms with E-state index >= 15 is 0 Å². The molecule has 0 aromatic carbocycles. The zero-order valence-corrected chi connectivity index (χ0v) is 42.0. The zero-order valence-electron chi connectivity index (χ0n) is 42.0. The van der Waals surface area contributed by atoms with E-state index in [0.717, 1.165) is 110 Å². The van der Waals surface area contributed by atoms with Crippen molar-refractivity contribution in [2.24, 2.45) is 17.8 Å². The van der Waals surface area contributed by atoms with E-state index in [1.807, 2.05) is 0 Å². The molecule has 3 atom stereocenters. The molecule has 0 radical (unpaired) electrons. The minimum atomic E-state index is -0.788. The van der Waals surface area contributed by atoms with E-state index in [1.54, 1.807) is 0 Å². The molecule has 0 aromatic rings. The van der Waals surface area contributed by atoms with Crippen molar-refractivity contribution in [1.82, 2.24) is 4.90 Å². The second kappa shape index (κ2) is 43.6. The summed E-state index contributed by atoms with van der Waals surface area (Å²) in [5.74, 6) is -0.646. The number of likely N-dealkylation sites (tertiary alicyclic amines) is 1. The largest absolute Gasteiger partial charge is 0.508 e. The van der Waals surface area contributed by atoms with Crippen molar-refractivity contribution in [2.75, 3.05) is 65.9 Å². The lowest BCUT2D eigenvalue weighted by molar-refractivity contribution is -0.161. The van der Waals surface area contributed by atoms with Crippen molar-refractivity contribution < 1.29 is 52.3 Å². The van der Waals surface area contributed by atoms with Crippen LogP contribution in [0.2, 0.25) is 0 Å². The molecular formula is C53H95NO11. The van der Waals surface area contributed by atoms with E-state index in [1.165, 1.54) is 44.9 Å². The molecule has 0 amide bonds. The molecule has 0 N–H and O–H groups in total. The van der Waals surface area contributed by atoms with Crippen LogP contribution in [0.4, 0.5) is 4.79 Å². The molecule has 0 aliphatic carbocycles. The van der Waals surface area contributed by atoms with E-state index in [9.17, 15) is 19.2 Å². The molecule has 0 bridgehead atoms. The van der Waals surface area contributed by atoms with Crippen molar-refractivity contribution in [3.63, 3.8) is 0 Å². The number of hydrogen-bond donors (Lipinski definition) is 0. The fraction of sp³-hybridized carbons (Fsp3) is 0.849. The number of carbonyl (C=O) groups excluding carboxylic acids is 4. The number of carbonyl (C=O) groups is 4. The summed E-state index contributed by atoms with van der Waals surface area (Å²) in [5.41, 5.74) is 0. The highest BCUT2D eigenvalue weighted by molar-refractivity contribution is 5.70. The van der Waals surface area contributed by atoms with Crippen LogP contribution in [0.25, 0.3) is 0 Å². The topological polar surface area (TPSA) is 136 Å². The van der Waals surface area contributed by atoms with Crippen LogP contribution in [0.15, 0.2) is 24.3 Å². The smallest absolute Gasteiger partial charge is 0.466 e. The maximum atomic E-state index is 13.0. The molecule has 1 aliphatic heterocycles. The van der Waals surface area contributed by atoms with Gasteiger partial charge in [0, 0.05) is 44.9 Å². The Morgan fingerprint density at radius 3 is 1.72 bits per heavy atom. The Kier molecular flexibility index (Phi) is 40.3. The van der Waals surface area contributed by atoms with Gasteiger partial charge in [0.25, 0.3) is 0 Å². The number of nitrogens with zero attached hydrogens (tertiary/aromatic N) is 1. The minimum Gasteiger partial charge on any atom is -0.466 e. The number of esters is 3. The molecule has 0 spiro atoms. The van der Waals surface area contributed by atoms with Crippen molar-refractivity contribution in [2.45, 2.75) is 208 Å². The lowest BCUT2D eigenvalue weighted by atomic mass is 9.93. The second-order valence-electron chi connectivity index (χ2n) is 17.9. The summed E-state index contributed by atoms with van der Waals surface area (Å²) in [5, 5.41) is 0. The van der Waals surface area contributed by atoms with Crippen molar-refractivity contribution in [1.29, 1.82) is 0 Å². The van der Waals surface area contributed by atoms with Gasteiger partial charge in [-0.1, -0.05) is 117 Å². The highest BCUT2D eigenvalue weighted by Crippen LogP contribution is 2.21. The van der Waals surface area contributed by atoms with Gasteiger partial charge in [-0.3, -0.25) is 14.4 Å². The first-order valence-electron chi connectivity index (χ1n) is 26.3. The molecule has 1 saturated heterocycles. The monoisotopic (exact) mass is 922 g/mol. The van der Waals surface area contributed by atoms with Gasteiger partial charge in [-0.15, -0.1) is 0 Å². The van der Waals surface area contributed by atoms with Crippen LogP contribution in [0.5, 0.6) is 0 Å². The van der Waals surface area contributed by atoms with Gasteiger partial charge in [0.15, 0.2) is 6.29 Å². The average molecular weight is 922 g/mol. The third kappa shape index (κ3) is 36.8. The number of ether oxygens (including phenoxy) is 7. The fourth-order valence-corrected chi connectivity index (χ4v) is 7.79. The normalized spacial score (nSPS) is 15.4. The molecule has 65 heavy (non-hydrogen) atoms. The van der Waals surface area contributed by atoms with Crippen LogP contribution < -0.4 is 0 Å². The summed E-state index contributed by atoms with van der Waals surface area (Å²) in [4.78, 5) is 53.1. The van der Waals surface area contributed by atoms with Crippen LogP contribution >= 0.6 is 0 Å². The number of rotatable bonds is 43. The highest BCUT2D eigenvalue weighted by atomic mass is 16.7. The van der Waals surface area contributed by atoms with Crippen LogP contribution in [-0.2, 0) is 47.5 Å². The van der Waals surface area contributed by atoms with E-state index in [-0.39, 0.29) is 57.1 Å². The average Bonchev–Trinajstić information content (AvgIpc) is 3.31. The number of unbranched alkanes of at least 4 members (excludes halogenated alkanes) is 10. The fourth-order valence-electron chi connectivity index (χ4n) is 7.79. The van der Waals surface area contributed by atoms with E-state index in [0.29, 0.717) is 45.0 Å². The first-order chi connectivity index (χ1) is 31.7. The van der Waals surface area contributed by atoms with E-state index in [4.69, 9.17) is 33.2 Å². The molecule has 3 unspecified atom stereocenters. The maximum Gasteiger partial charge on any atom is 0.508 e. The van der Waals surface area contributed by atoms with Crippen LogP contribution in [0.1, 0.15) is 202 Å². The molecule has 378 valence electrons. The Balaban J connectivity index is 2.60.